The number of halogens is 1. The van der Waals surface area contributed by atoms with Gasteiger partial charge < -0.3 is 25.5 Å². The lowest BCUT2D eigenvalue weighted by atomic mass is 10.2. The molecule has 0 aliphatic heterocycles. The molecule has 0 radical (unpaired) electrons. The van der Waals surface area contributed by atoms with Crippen molar-refractivity contribution in [2.45, 2.75) is 12.8 Å². The topological polar surface area (TPSA) is 119 Å². The van der Waals surface area contributed by atoms with Crippen molar-refractivity contribution in [1.29, 1.82) is 0 Å². The van der Waals surface area contributed by atoms with E-state index in [2.05, 4.69) is 5.32 Å². The Morgan fingerprint density at radius 1 is 1.09 bits per heavy atom. The van der Waals surface area contributed by atoms with Gasteiger partial charge in [-0.05, 0) is 25.0 Å². The van der Waals surface area contributed by atoms with E-state index in [1.807, 2.05) is 0 Å². The maximum Gasteiger partial charge on any atom is 0.294 e. The molecule has 23 heavy (non-hydrogen) atoms. The van der Waals surface area contributed by atoms with Crippen LogP contribution in [-0.4, -0.2) is 59.7 Å². The molecule has 0 aromatic heterocycles. The van der Waals surface area contributed by atoms with Crippen molar-refractivity contribution in [2.75, 3.05) is 49.7 Å². The third-order valence-corrected chi connectivity index (χ3v) is 3.15. The number of rotatable bonds is 11. The largest absolute Gasteiger partial charge is 0.396 e. The highest BCUT2D eigenvalue weighted by Gasteiger charge is 2.17. The van der Waals surface area contributed by atoms with Crippen LogP contribution in [0.15, 0.2) is 18.2 Å². The van der Waals surface area contributed by atoms with Crippen LogP contribution < -0.4 is 10.2 Å². The molecular weight excluding hydrogens is 326 g/mol. The minimum absolute atomic E-state index is 0. The van der Waals surface area contributed by atoms with Gasteiger partial charge in [-0.3, -0.25) is 10.1 Å². The number of nitrogens with one attached hydrogen (secondary N) is 1. The van der Waals surface area contributed by atoms with Gasteiger partial charge in [-0.25, -0.2) is 0 Å². The van der Waals surface area contributed by atoms with E-state index < -0.39 is 4.92 Å². The van der Waals surface area contributed by atoms with Gasteiger partial charge >= 0.3 is 0 Å². The van der Waals surface area contributed by atoms with Gasteiger partial charge in [0, 0.05) is 44.6 Å². The maximum atomic E-state index is 11.2. The first-order valence-corrected chi connectivity index (χ1v) is 7.24. The molecule has 0 amide bonds. The first-order valence-electron chi connectivity index (χ1n) is 7.24. The molecule has 8 nitrogen and oxygen atoms in total. The van der Waals surface area contributed by atoms with Gasteiger partial charge in [0.2, 0.25) is 0 Å². The second-order valence-corrected chi connectivity index (χ2v) is 4.75. The number of nitrogens with zero attached hydrogens (tertiary/aromatic N) is 2. The molecule has 1 rings (SSSR count). The summed E-state index contributed by atoms with van der Waals surface area (Å²) in [4.78, 5) is 12.5. The number of benzene rings is 1. The highest BCUT2D eigenvalue weighted by atomic mass is 35.5. The molecule has 0 atom stereocenters. The van der Waals surface area contributed by atoms with Crippen molar-refractivity contribution >= 4 is 29.5 Å². The lowest BCUT2D eigenvalue weighted by molar-refractivity contribution is -0.383. The van der Waals surface area contributed by atoms with Crippen LogP contribution in [0.1, 0.15) is 12.8 Å². The predicted octanol–water partition coefficient (Wildman–Crippen LogP) is 0.992. The van der Waals surface area contributed by atoms with Gasteiger partial charge in [-0.1, -0.05) is 0 Å². The molecule has 0 spiro atoms. The number of hydrogen-bond donors (Lipinski definition) is 4. The van der Waals surface area contributed by atoms with Crippen LogP contribution in [0.4, 0.5) is 17.1 Å². The molecule has 1 aromatic carbocycles. The zero-order valence-corrected chi connectivity index (χ0v) is 13.7. The fourth-order valence-electron chi connectivity index (χ4n) is 2.07. The Morgan fingerprint density at radius 3 is 2.35 bits per heavy atom. The summed E-state index contributed by atoms with van der Waals surface area (Å²) < 4.78 is 0. The van der Waals surface area contributed by atoms with Crippen LogP contribution in [-0.2, 0) is 0 Å². The number of anilines is 2. The standard InChI is InChI=1S/C14H23N3O5.ClH/c18-8-1-5-15-13-4-3-12(11-14(13)17(21)22)16(7-10-20)6-2-9-19;/h3-4,11,15,18-20H,1-2,5-10H2;1H. The molecule has 0 aliphatic rings. The number of aliphatic hydroxyl groups excluding tert-OH is 3. The van der Waals surface area contributed by atoms with E-state index in [1.165, 1.54) is 6.07 Å². The first-order chi connectivity index (χ1) is 10.6. The van der Waals surface area contributed by atoms with Crippen molar-refractivity contribution in [1.82, 2.24) is 0 Å². The Labute approximate surface area is 141 Å². The molecule has 1 aromatic rings. The molecule has 0 unspecified atom stereocenters. The smallest absolute Gasteiger partial charge is 0.294 e. The van der Waals surface area contributed by atoms with Gasteiger partial charge in [-0.15, -0.1) is 12.4 Å². The quantitative estimate of drug-likeness (QED) is 0.267. The van der Waals surface area contributed by atoms with Crippen LogP contribution in [0.5, 0.6) is 0 Å². The third kappa shape index (κ3) is 7.00. The van der Waals surface area contributed by atoms with E-state index in [0.717, 1.165) is 0 Å². The summed E-state index contributed by atoms with van der Waals surface area (Å²) in [6, 6.07) is 4.81. The average Bonchev–Trinajstić information content (AvgIpc) is 2.52. The number of hydrogen-bond acceptors (Lipinski definition) is 7. The molecule has 0 saturated heterocycles. The van der Waals surface area contributed by atoms with Crippen molar-refractivity contribution in [3.8, 4) is 0 Å². The van der Waals surface area contributed by atoms with Crippen LogP contribution >= 0.6 is 12.4 Å². The first kappa shape index (κ1) is 21.4. The van der Waals surface area contributed by atoms with E-state index in [4.69, 9.17) is 15.3 Å². The van der Waals surface area contributed by atoms with Crippen molar-refractivity contribution < 1.29 is 20.2 Å². The van der Waals surface area contributed by atoms with E-state index in [1.54, 1.807) is 17.0 Å². The molecule has 0 fully saturated rings. The normalized spacial score (nSPS) is 10.0. The second-order valence-electron chi connectivity index (χ2n) is 4.75. The Morgan fingerprint density at radius 2 is 1.78 bits per heavy atom. The summed E-state index contributed by atoms with van der Waals surface area (Å²) in [5.74, 6) is 0. The molecular formula is C14H24ClN3O5. The Balaban J connectivity index is 0.00000484. The van der Waals surface area contributed by atoms with Gasteiger partial charge in [-0.2, -0.15) is 0 Å². The summed E-state index contributed by atoms with van der Waals surface area (Å²) in [7, 11) is 0. The molecule has 0 heterocycles. The average molecular weight is 350 g/mol. The molecule has 4 N–H and O–H groups in total. The number of nitro groups is 1. The van der Waals surface area contributed by atoms with Crippen molar-refractivity contribution in [2.24, 2.45) is 0 Å². The van der Waals surface area contributed by atoms with E-state index in [9.17, 15) is 10.1 Å². The lowest BCUT2D eigenvalue weighted by Crippen LogP contribution is -2.28. The number of nitro benzene ring substituents is 1. The van der Waals surface area contributed by atoms with Gasteiger partial charge in [0.25, 0.3) is 5.69 Å². The minimum Gasteiger partial charge on any atom is -0.396 e. The van der Waals surface area contributed by atoms with Crippen molar-refractivity contribution in [3.05, 3.63) is 28.3 Å². The monoisotopic (exact) mass is 349 g/mol. The van der Waals surface area contributed by atoms with Crippen LogP contribution in [0.3, 0.4) is 0 Å². The van der Waals surface area contributed by atoms with Gasteiger partial charge in [0.15, 0.2) is 0 Å². The maximum absolute atomic E-state index is 11.2. The molecule has 0 saturated carbocycles. The molecule has 9 heteroatoms. The van der Waals surface area contributed by atoms with E-state index >= 15 is 0 Å². The third-order valence-electron chi connectivity index (χ3n) is 3.15. The van der Waals surface area contributed by atoms with Gasteiger partial charge in [0.05, 0.1) is 11.5 Å². The summed E-state index contributed by atoms with van der Waals surface area (Å²) in [5, 5.41) is 40.9. The fourth-order valence-corrected chi connectivity index (χ4v) is 2.07. The van der Waals surface area contributed by atoms with Gasteiger partial charge in [0.1, 0.15) is 5.69 Å². The summed E-state index contributed by atoms with van der Waals surface area (Å²) in [5.41, 5.74) is 0.970. The zero-order chi connectivity index (χ0) is 16.4. The Bertz CT molecular complexity index is 476. The molecule has 132 valence electrons. The highest BCUT2D eigenvalue weighted by molar-refractivity contribution is 5.85. The predicted molar refractivity (Wildman–Crippen MR) is 91.5 cm³/mol. The summed E-state index contributed by atoms with van der Waals surface area (Å²) in [6.07, 6.45) is 1.02. The minimum atomic E-state index is -0.464. The van der Waals surface area contributed by atoms with Crippen LogP contribution in [0, 0.1) is 10.1 Å². The summed E-state index contributed by atoms with van der Waals surface area (Å²) in [6.45, 7) is 1.26. The number of aliphatic hydroxyl groups is 3. The lowest BCUT2D eigenvalue weighted by Gasteiger charge is -2.23. The van der Waals surface area contributed by atoms with E-state index in [0.29, 0.717) is 43.9 Å². The van der Waals surface area contributed by atoms with Crippen LogP contribution in [0.2, 0.25) is 0 Å². The molecule has 0 bridgehead atoms. The van der Waals surface area contributed by atoms with Crippen LogP contribution in [0.25, 0.3) is 0 Å². The highest BCUT2D eigenvalue weighted by Crippen LogP contribution is 2.29. The fraction of sp³-hybridized carbons (Fsp3) is 0.571. The second kappa shape index (κ2) is 11.9. The zero-order valence-electron chi connectivity index (χ0n) is 12.8. The molecule has 0 aliphatic carbocycles. The Kier molecular flexibility index (Phi) is 11.1. The summed E-state index contributed by atoms with van der Waals surface area (Å²) >= 11 is 0. The van der Waals surface area contributed by atoms with Crippen molar-refractivity contribution in [3.63, 3.8) is 0 Å². The Hall–Kier alpha value is -1.61. The SMILES string of the molecule is Cl.O=[N+]([O-])c1cc(N(CCO)CCCO)ccc1NCCCO. The van der Waals surface area contributed by atoms with E-state index in [-0.39, 0.29) is 37.9 Å².